The molecule has 1 saturated carbocycles. The molecule has 88 valence electrons. The van der Waals surface area contributed by atoms with Gasteiger partial charge in [0.1, 0.15) is 0 Å². The molecule has 0 unspecified atom stereocenters. The predicted octanol–water partition coefficient (Wildman–Crippen LogP) is 0.869. The van der Waals surface area contributed by atoms with Gasteiger partial charge in [0.15, 0.2) is 0 Å². The van der Waals surface area contributed by atoms with E-state index in [1.807, 2.05) is 0 Å². The van der Waals surface area contributed by atoms with Crippen molar-refractivity contribution in [3.63, 3.8) is 0 Å². The minimum Gasteiger partial charge on any atom is -0.469 e. The number of carbonyl (C=O) groups is 1. The molecule has 0 radical (unpaired) electrons. The average Bonchev–Trinajstić information content (AvgIpc) is 2.30. The second-order valence-corrected chi connectivity index (χ2v) is 4.45. The summed E-state index contributed by atoms with van der Waals surface area (Å²) < 4.78 is 10.5. The van der Waals surface area contributed by atoms with Crippen LogP contribution in [0.25, 0.3) is 0 Å². The molecule has 2 saturated heterocycles. The molecule has 1 aliphatic carbocycles. The van der Waals surface area contributed by atoms with E-state index < -0.39 is 0 Å². The van der Waals surface area contributed by atoms with Gasteiger partial charge >= 0.3 is 5.97 Å². The maximum absolute atomic E-state index is 11.6. The van der Waals surface area contributed by atoms with Gasteiger partial charge in [0.2, 0.25) is 0 Å². The molecule has 0 aromatic carbocycles. The fraction of sp³-hybridized carbons (Fsp3) is 0.900. The van der Waals surface area contributed by atoms with Crippen molar-refractivity contribution in [1.29, 1.82) is 0 Å². The molecule has 15 heavy (non-hydrogen) atoms. The molecule has 0 amide bonds. The second-order valence-electron chi connectivity index (χ2n) is 4.45. The molecule has 0 aromatic heterocycles. The number of methoxy groups -OCH3 is 1. The lowest BCUT2D eigenvalue weighted by atomic mass is 9.66. The molecule has 5 heteroatoms. The van der Waals surface area contributed by atoms with Crippen LogP contribution in [0.3, 0.4) is 0 Å². The van der Waals surface area contributed by atoms with Crippen molar-refractivity contribution in [2.24, 2.45) is 11.1 Å². The molecule has 3 fully saturated rings. The van der Waals surface area contributed by atoms with Gasteiger partial charge in [-0.05, 0) is 25.7 Å². The second kappa shape index (κ2) is 4.28. The molecule has 2 aliphatic heterocycles. The normalized spacial score (nSPS) is 38.3. The number of ether oxygens (including phenoxy) is 2. The van der Waals surface area contributed by atoms with E-state index in [0.717, 1.165) is 25.7 Å². The Morgan fingerprint density at radius 3 is 2.33 bits per heavy atom. The first-order valence-corrected chi connectivity index (χ1v) is 5.09. The summed E-state index contributed by atoms with van der Waals surface area (Å²) in [6.07, 6.45) is 3.49. The Morgan fingerprint density at radius 1 is 1.40 bits per heavy atom. The van der Waals surface area contributed by atoms with Crippen molar-refractivity contribution in [1.82, 2.24) is 0 Å². The molecule has 3 aliphatic rings. The Kier molecular flexibility index (Phi) is 3.63. The minimum atomic E-state index is -0.369. The molecule has 0 atom stereocenters. The highest BCUT2D eigenvalue weighted by atomic mass is 35.5. The van der Waals surface area contributed by atoms with Crippen LogP contribution in [-0.2, 0) is 14.3 Å². The molecule has 2 bridgehead atoms. The van der Waals surface area contributed by atoms with E-state index >= 15 is 0 Å². The number of nitrogens with two attached hydrogens (primary N) is 1. The van der Waals surface area contributed by atoms with Crippen molar-refractivity contribution in [2.45, 2.75) is 31.3 Å². The Morgan fingerprint density at radius 2 is 2.00 bits per heavy atom. The third-order valence-corrected chi connectivity index (χ3v) is 3.76. The van der Waals surface area contributed by atoms with Crippen LogP contribution in [0.5, 0.6) is 0 Å². The van der Waals surface area contributed by atoms with Gasteiger partial charge in [-0.25, -0.2) is 0 Å². The number of fused-ring (bicyclic) bond motifs is 3. The lowest BCUT2D eigenvalue weighted by Gasteiger charge is -2.51. The molecule has 3 rings (SSSR count). The summed E-state index contributed by atoms with van der Waals surface area (Å²) >= 11 is 0. The monoisotopic (exact) mass is 235 g/mol. The standard InChI is InChI=1S/C10H17NO3.ClH/c1-13-8(12)9-2-4-10(6-11,5-3-9)14-7-9;/h2-7,11H2,1H3;1H. The van der Waals surface area contributed by atoms with E-state index in [0.29, 0.717) is 13.2 Å². The Bertz CT molecular complexity index is 233. The Labute approximate surface area is 95.9 Å². The van der Waals surface area contributed by atoms with Gasteiger partial charge in [-0.3, -0.25) is 4.79 Å². The number of rotatable bonds is 2. The Hall–Kier alpha value is -0.320. The van der Waals surface area contributed by atoms with Crippen LogP contribution < -0.4 is 5.73 Å². The SMILES string of the molecule is COC(=O)C12CCC(CN)(CC1)OC2.Cl. The first-order valence-electron chi connectivity index (χ1n) is 5.09. The Balaban J connectivity index is 0.00000112. The zero-order valence-electron chi connectivity index (χ0n) is 8.95. The first kappa shape index (κ1) is 12.7. The number of esters is 1. The van der Waals surface area contributed by atoms with Gasteiger partial charge in [0.25, 0.3) is 0 Å². The van der Waals surface area contributed by atoms with Gasteiger partial charge in [0.05, 0.1) is 24.7 Å². The number of carbonyl (C=O) groups excluding carboxylic acids is 1. The van der Waals surface area contributed by atoms with E-state index in [1.54, 1.807) is 0 Å². The van der Waals surface area contributed by atoms with Gasteiger partial charge in [-0.15, -0.1) is 12.4 Å². The smallest absolute Gasteiger partial charge is 0.314 e. The van der Waals surface area contributed by atoms with Gasteiger partial charge in [-0.2, -0.15) is 0 Å². The zero-order chi connectivity index (χ0) is 10.2. The predicted molar refractivity (Wildman–Crippen MR) is 57.9 cm³/mol. The van der Waals surface area contributed by atoms with Crippen LogP contribution in [0.2, 0.25) is 0 Å². The largest absolute Gasteiger partial charge is 0.469 e. The average molecular weight is 236 g/mol. The van der Waals surface area contributed by atoms with Crippen molar-refractivity contribution in [3.8, 4) is 0 Å². The van der Waals surface area contributed by atoms with Gasteiger partial charge < -0.3 is 15.2 Å². The van der Waals surface area contributed by atoms with Crippen molar-refractivity contribution >= 4 is 18.4 Å². The number of halogens is 1. The third-order valence-electron chi connectivity index (χ3n) is 3.76. The highest BCUT2D eigenvalue weighted by molar-refractivity contribution is 5.85. The topological polar surface area (TPSA) is 61.5 Å². The van der Waals surface area contributed by atoms with Crippen LogP contribution in [0, 0.1) is 5.41 Å². The summed E-state index contributed by atoms with van der Waals surface area (Å²) in [6.45, 7) is 1.04. The summed E-state index contributed by atoms with van der Waals surface area (Å²) in [4.78, 5) is 11.6. The summed E-state index contributed by atoms with van der Waals surface area (Å²) in [6, 6.07) is 0. The number of hydrogen-bond donors (Lipinski definition) is 1. The van der Waals surface area contributed by atoms with Crippen molar-refractivity contribution in [3.05, 3.63) is 0 Å². The zero-order valence-corrected chi connectivity index (χ0v) is 9.77. The van der Waals surface area contributed by atoms with Crippen molar-refractivity contribution in [2.75, 3.05) is 20.3 Å². The van der Waals surface area contributed by atoms with Crippen molar-refractivity contribution < 1.29 is 14.3 Å². The minimum absolute atomic E-state index is 0. The fourth-order valence-electron chi connectivity index (χ4n) is 2.51. The van der Waals surface area contributed by atoms with E-state index in [2.05, 4.69) is 0 Å². The lowest BCUT2D eigenvalue weighted by Crippen LogP contribution is -2.57. The molecule has 0 aromatic rings. The van der Waals surface area contributed by atoms with Crippen LogP contribution in [0.4, 0.5) is 0 Å². The van der Waals surface area contributed by atoms with Gasteiger partial charge in [0, 0.05) is 6.54 Å². The first-order chi connectivity index (χ1) is 6.66. The van der Waals surface area contributed by atoms with Crippen LogP contribution in [0.15, 0.2) is 0 Å². The van der Waals surface area contributed by atoms with E-state index in [9.17, 15) is 4.79 Å². The number of hydrogen-bond acceptors (Lipinski definition) is 4. The van der Waals surface area contributed by atoms with Crippen LogP contribution >= 0.6 is 12.4 Å². The third kappa shape index (κ3) is 1.86. The van der Waals surface area contributed by atoms with Crippen LogP contribution in [0.1, 0.15) is 25.7 Å². The highest BCUT2D eigenvalue weighted by Crippen LogP contribution is 2.48. The van der Waals surface area contributed by atoms with Gasteiger partial charge in [-0.1, -0.05) is 0 Å². The molecule has 2 heterocycles. The summed E-state index contributed by atoms with van der Waals surface area (Å²) in [5, 5.41) is 0. The molecular weight excluding hydrogens is 218 g/mol. The molecular formula is C10H18ClNO3. The summed E-state index contributed by atoms with van der Waals surface area (Å²) in [5.74, 6) is -0.122. The van der Waals surface area contributed by atoms with Crippen LogP contribution in [-0.4, -0.2) is 31.8 Å². The molecule has 2 N–H and O–H groups in total. The maximum Gasteiger partial charge on any atom is 0.314 e. The molecule has 4 nitrogen and oxygen atoms in total. The maximum atomic E-state index is 11.6. The molecule has 0 spiro atoms. The lowest BCUT2D eigenvalue weighted by molar-refractivity contribution is -0.200. The summed E-state index contributed by atoms with van der Waals surface area (Å²) in [7, 11) is 1.44. The highest BCUT2D eigenvalue weighted by Gasteiger charge is 2.53. The van der Waals surface area contributed by atoms with E-state index in [4.69, 9.17) is 15.2 Å². The fourth-order valence-corrected chi connectivity index (χ4v) is 2.51. The quantitative estimate of drug-likeness (QED) is 0.722. The van der Waals surface area contributed by atoms with E-state index in [-0.39, 0.29) is 29.4 Å². The summed E-state index contributed by atoms with van der Waals surface area (Å²) in [5.41, 5.74) is 5.17. The van der Waals surface area contributed by atoms with E-state index in [1.165, 1.54) is 7.11 Å².